The van der Waals surface area contributed by atoms with E-state index in [2.05, 4.69) is 18.2 Å². The van der Waals surface area contributed by atoms with Gasteiger partial charge in [0.05, 0.1) is 10.6 Å². The van der Waals surface area contributed by atoms with Gasteiger partial charge < -0.3 is 0 Å². The summed E-state index contributed by atoms with van der Waals surface area (Å²) in [4.78, 5) is 0.141. The smallest absolute Gasteiger partial charge is 0.212 e. The summed E-state index contributed by atoms with van der Waals surface area (Å²) in [5.41, 5.74) is -0.561. The van der Waals surface area contributed by atoms with E-state index >= 15 is 0 Å². The molecule has 0 amide bonds. The molecule has 2 fully saturated rings. The fourth-order valence-electron chi connectivity index (χ4n) is 5.68. The Bertz CT molecular complexity index is 1020. The van der Waals surface area contributed by atoms with Gasteiger partial charge in [-0.2, -0.15) is 17.1 Å². The first kappa shape index (κ1) is 23.4. The number of benzene rings is 1. The molecule has 0 saturated heterocycles. The maximum atomic E-state index is 13.5. The summed E-state index contributed by atoms with van der Waals surface area (Å²) in [6.45, 7) is 11.7. The summed E-state index contributed by atoms with van der Waals surface area (Å²) in [6, 6.07) is 7.82. The fraction of sp³-hybridized carbons (Fsp3) is 0.682. The average Bonchev–Trinajstić information content (AvgIpc) is 2.95. The predicted molar refractivity (Wildman–Crippen MR) is 121 cm³/mol. The molecule has 0 spiro atoms. The second-order valence-corrected chi connectivity index (χ2v) is 13.3. The monoisotopic (exact) mass is 454 g/mol. The van der Waals surface area contributed by atoms with E-state index in [0.29, 0.717) is 18.6 Å². The van der Waals surface area contributed by atoms with Crippen LogP contribution in [0.1, 0.15) is 60.8 Å². The zero-order chi connectivity index (χ0) is 22.5. The van der Waals surface area contributed by atoms with Crippen LogP contribution < -0.4 is 0 Å². The van der Waals surface area contributed by atoms with Gasteiger partial charge in [0, 0.05) is 23.2 Å². The summed E-state index contributed by atoms with van der Waals surface area (Å²) >= 11 is 0. The number of fused-ring (bicyclic) bond motifs is 2. The standard InChI is InChI=1S/C22H34N2O4S2/c1-16(2)24(17(3)4)29(25,26)15-22-13-12-18(21(22,5)6)14-20(22)23-30(27,28)19-10-8-7-9-11-19/h7-11,16-18H,12-15H2,1-6H3/b23-20+/t18-,22-/m1/s1. The van der Waals surface area contributed by atoms with Gasteiger partial charge in [-0.3, -0.25) is 0 Å². The molecule has 1 aromatic rings. The Morgan fingerprint density at radius 2 is 1.60 bits per heavy atom. The van der Waals surface area contributed by atoms with Crippen LogP contribution in [0.15, 0.2) is 39.6 Å². The van der Waals surface area contributed by atoms with E-state index in [-0.39, 0.29) is 34.1 Å². The van der Waals surface area contributed by atoms with E-state index in [1.165, 1.54) is 12.1 Å². The highest BCUT2D eigenvalue weighted by Gasteiger charge is 2.64. The molecule has 168 valence electrons. The Labute approximate surface area is 181 Å². The number of hydrogen-bond donors (Lipinski definition) is 0. The van der Waals surface area contributed by atoms with Crippen LogP contribution in [-0.4, -0.2) is 44.7 Å². The second-order valence-electron chi connectivity index (χ2n) is 9.84. The van der Waals surface area contributed by atoms with Crippen molar-refractivity contribution in [1.29, 1.82) is 0 Å². The quantitative estimate of drug-likeness (QED) is 0.621. The first-order valence-electron chi connectivity index (χ1n) is 10.7. The van der Waals surface area contributed by atoms with Crippen LogP contribution in [0.5, 0.6) is 0 Å². The third-order valence-electron chi connectivity index (χ3n) is 7.21. The van der Waals surface area contributed by atoms with Crippen molar-refractivity contribution in [1.82, 2.24) is 4.31 Å². The summed E-state index contributed by atoms with van der Waals surface area (Å²) in [5.74, 6) is 0.146. The van der Waals surface area contributed by atoms with Gasteiger partial charge in [0.2, 0.25) is 10.0 Å². The van der Waals surface area contributed by atoms with E-state index in [4.69, 9.17) is 0 Å². The van der Waals surface area contributed by atoms with Crippen LogP contribution in [0, 0.1) is 16.7 Å². The summed E-state index contributed by atoms with van der Waals surface area (Å²) in [6.07, 6.45) is 2.09. The Morgan fingerprint density at radius 3 is 2.10 bits per heavy atom. The van der Waals surface area contributed by atoms with Gasteiger partial charge in [-0.1, -0.05) is 32.0 Å². The van der Waals surface area contributed by atoms with Gasteiger partial charge in [0.25, 0.3) is 10.0 Å². The lowest BCUT2D eigenvalue weighted by molar-refractivity contribution is 0.191. The van der Waals surface area contributed by atoms with Crippen molar-refractivity contribution >= 4 is 25.8 Å². The van der Waals surface area contributed by atoms with Gasteiger partial charge in [0.1, 0.15) is 0 Å². The van der Waals surface area contributed by atoms with Gasteiger partial charge in [-0.05, 0) is 70.4 Å². The molecule has 3 rings (SSSR count). The molecule has 2 aliphatic rings. The Kier molecular flexibility index (Phi) is 6.02. The van der Waals surface area contributed by atoms with Crippen LogP contribution in [0.2, 0.25) is 0 Å². The van der Waals surface area contributed by atoms with E-state index in [0.717, 1.165) is 6.42 Å². The largest absolute Gasteiger partial charge is 0.282 e. The molecule has 0 unspecified atom stereocenters. The van der Waals surface area contributed by atoms with Crippen molar-refractivity contribution in [2.24, 2.45) is 21.1 Å². The van der Waals surface area contributed by atoms with E-state index < -0.39 is 25.5 Å². The minimum atomic E-state index is -3.88. The lowest BCUT2D eigenvalue weighted by Gasteiger charge is -2.40. The normalized spacial score (nSPS) is 27.6. The van der Waals surface area contributed by atoms with Gasteiger partial charge in [0.15, 0.2) is 0 Å². The summed E-state index contributed by atoms with van der Waals surface area (Å²) in [5, 5.41) is 0. The van der Waals surface area contributed by atoms with Crippen molar-refractivity contribution in [3.8, 4) is 0 Å². The van der Waals surface area contributed by atoms with Gasteiger partial charge >= 0.3 is 0 Å². The molecular weight excluding hydrogens is 420 g/mol. The average molecular weight is 455 g/mol. The maximum Gasteiger partial charge on any atom is 0.282 e. The third-order valence-corrected chi connectivity index (χ3v) is 10.9. The van der Waals surface area contributed by atoms with Crippen LogP contribution >= 0.6 is 0 Å². The summed E-state index contributed by atoms with van der Waals surface area (Å²) in [7, 11) is -7.50. The molecule has 30 heavy (non-hydrogen) atoms. The molecule has 2 atom stereocenters. The maximum absolute atomic E-state index is 13.5. The molecule has 6 nitrogen and oxygen atoms in total. The first-order valence-corrected chi connectivity index (χ1v) is 13.7. The fourth-order valence-corrected chi connectivity index (χ4v) is 9.56. The van der Waals surface area contributed by atoms with Crippen LogP contribution in [-0.2, 0) is 20.0 Å². The van der Waals surface area contributed by atoms with Crippen molar-refractivity contribution in [2.75, 3.05) is 5.75 Å². The minimum Gasteiger partial charge on any atom is -0.212 e. The van der Waals surface area contributed by atoms with Crippen molar-refractivity contribution < 1.29 is 16.8 Å². The molecule has 2 bridgehead atoms. The molecule has 2 aliphatic carbocycles. The van der Waals surface area contributed by atoms with Gasteiger partial charge in [-0.15, -0.1) is 0 Å². The molecule has 0 N–H and O–H groups in total. The Balaban J connectivity index is 2.09. The zero-order valence-corrected chi connectivity index (χ0v) is 20.4. The number of rotatable bonds is 7. The van der Waals surface area contributed by atoms with Gasteiger partial charge in [-0.25, -0.2) is 8.42 Å². The van der Waals surface area contributed by atoms with Crippen molar-refractivity contribution in [3.63, 3.8) is 0 Å². The molecule has 0 aromatic heterocycles. The van der Waals surface area contributed by atoms with Crippen LogP contribution in [0.4, 0.5) is 0 Å². The lowest BCUT2D eigenvalue weighted by Crippen LogP contribution is -2.50. The highest BCUT2D eigenvalue weighted by atomic mass is 32.2. The first-order chi connectivity index (χ1) is 13.7. The highest BCUT2D eigenvalue weighted by molar-refractivity contribution is 7.90. The molecule has 0 heterocycles. The van der Waals surface area contributed by atoms with Crippen LogP contribution in [0.25, 0.3) is 0 Å². The molecule has 0 aliphatic heterocycles. The van der Waals surface area contributed by atoms with Crippen molar-refractivity contribution in [2.45, 2.75) is 77.8 Å². The topological polar surface area (TPSA) is 83.9 Å². The predicted octanol–water partition coefficient (Wildman–Crippen LogP) is 4.09. The van der Waals surface area contributed by atoms with E-state index in [1.54, 1.807) is 22.5 Å². The molecule has 1 aromatic carbocycles. The molecule has 8 heteroatoms. The molecular formula is C22H34N2O4S2. The third kappa shape index (κ3) is 3.75. The number of hydrogen-bond acceptors (Lipinski definition) is 4. The van der Waals surface area contributed by atoms with Crippen LogP contribution in [0.3, 0.4) is 0 Å². The summed E-state index contributed by atoms with van der Waals surface area (Å²) < 4.78 is 58.9. The molecule has 2 saturated carbocycles. The number of sulfonamides is 2. The second kappa shape index (κ2) is 7.71. The van der Waals surface area contributed by atoms with E-state index in [9.17, 15) is 16.8 Å². The number of nitrogens with zero attached hydrogens (tertiary/aromatic N) is 2. The Hall–Kier alpha value is -1.25. The highest BCUT2D eigenvalue weighted by Crippen LogP contribution is 2.65. The van der Waals surface area contributed by atoms with E-state index in [1.807, 2.05) is 27.7 Å². The minimum absolute atomic E-state index is 0.0942. The SMILES string of the molecule is CC(C)N(C(C)C)S(=O)(=O)C[C@]12CC[C@H](C/C1=N\S(=O)(=O)c1ccccc1)C2(C)C. The Morgan fingerprint density at radius 1 is 1.03 bits per heavy atom. The zero-order valence-electron chi connectivity index (χ0n) is 18.8. The lowest BCUT2D eigenvalue weighted by atomic mass is 9.70. The van der Waals surface area contributed by atoms with Crippen molar-refractivity contribution in [3.05, 3.63) is 30.3 Å². The molecule has 0 radical (unpaired) electrons.